The highest BCUT2D eigenvalue weighted by atomic mass is 19.3. The lowest BCUT2D eigenvalue weighted by Crippen LogP contribution is -2.32. The minimum atomic E-state index is -2.31. The Kier molecular flexibility index (Phi) is 4.01. The van der Waals surface area contributed by atoms with Crippen LogP contribution in [0.25, 0.3) is 0 Å². The Morgan fingerprint density at radius 3 is 2.50 bits per heavy atom. The molecular weight excluding hydrogens is 184 g/mol. The number of aryl methyl sites for hydroxylation is 1. The maximum Gasteiger partial charge on any atom is 0.253 e. The van der Waals surface area contributed by atoms with Crippen LogP contribution < -0.4 is 5.32 Å². The van der Waals surface area contributed by atoms with Crippen molar-refractivity contribution < 1.29 is 8.78 Å². The van der Waals surface area contributed by atoms with Gasteiger partial charge >= 0.3 is 0 Å². The summed E-state index contributed by atoms with van der Waals surface area (Å²) in [5.74, 6) is 0. The summed E-state index contributed by atoms with van der Waals surface area (Å²) in [5, 5.41) is 2.79. The Morgan fingerprint density at radius 1 is 1.29 bits per heavy atom. The first-order chi connectivity index (χ1) is 6.61. The summed E-state index contributed by atoms with van der Waals surface area (Å²) in [6.07, 6.45) is -2.31. The maximum absolute atomic E-state index is 12.2. The van der Waals surface area contributed by atoms with Gasteiger partial charge < -0.3 is 5.32 Å². The highest BCUT2D eigenvalue weighted by Crippen LogP contribution is 2.07. The molecule has 0 radical (unpaired) electrons. The smallest absolute Gasteiger partial charge is 0.253 e. The van der Waals surface area contributed by atoms with Crippen LogP contribution in [0, 0.1) is 6.92 Å². The van der Waals surface area contributed by atoms with E-state index in [9.17, 15) is 8.78 Å². The summed E-state index contributed by atoms with van der Waals surface area (Å²) in [5.41, 5.74) is 2.20. The molecule has 0 fully saturated rings. The fourth-order valence-electron chi connectivity index (χ4n) is 1.17. The average Bonchev–Trinajstić information content (AvgIpc) is 2.16. The average molecular weight is 199 g/mol. The van der Waals surface area contributed by atoms with E-state index in [1.54, 1.807) is 0 Å². The minimum absolute atomic E-state index is 0.498. The second-order valence-corrected chi connectivity index (χ2v) is 3.43. The number of rotatable bonds is 4. The standard InChI is InChI=1S/C11H15F2N/c1-8-5-3-4-6-10(8)7-14-9(2)11(12)13/h3-6,9,11,14H,7H2,1-2H3. The van der Waals surface area contributed by atoms with Crippen LogP contribution in [0.1, 0.15) is 18.1 Å². The van der Waals surface area contributed by atoms with Crippen molar-refractivity contribution in [3.8, 4) is 0 Å². The predicted molar refractivity (Wildman–Crippen MR) is 53.5 cm³/mol. The van der Waals surface area contributed by atoms with E-state index in [1.807, 2.05) is 31.2 Å². The molecule has 0 amide bonds. The third-order valence-corrected chi connectivity index (χ3v) is 2.25. The van der Waals surface area contributed by atoms with E-state index in [0.717, 1.165) is 11.1 Å². The van der Waals surface area contributed by atoms with Gasteiger partial charge in [-0.05, 0) is 25.0 Å². The summed E-state index contributed by atoms with van der Waals surface area (Å²) in [4.78, 5) is 0. The molecule has 0 aliphatic carbocycles. The Labute approximate surface area is 83.1 Å². The number of alkyl halides is 2. The molecule has 0 aliphatic heterocycles. The molecule has 78 valence electrons. The number of hydrogen-bond donors (Lipinski definition) is 1. The highest BCUT2D eigenvalue weighted by molar-refractivity contribution is 5.25. The van der Waals surface area contributed by atoms with Crippen LogP contribution in [0.5, 0.6) is 0 Å². The quantitative estimate of drug-likeness (QED) is 0.786. The van der Waals surface area contributed by atoms with Crippen LogP contribution in [0.2, 0.25) is 0 Å². The van der Waals surface area contributed by atoms with Crippen LogP contribution in [0.4, 0.5) is 8.78 Å². The predicted octanol–water partition coefficient (Wildman–Crippen LogP) is 2.74. The molecule has 0 aromatic heterocycles. The molecule has 14 heavy (non-hydrogen) atoms. The Morgan fingerprint density at radius 2 is 1.93 bits per heavy atom. The summed E-state index contributed by atoms with van der Waals surface area (Å²) in [6, 6.07) is 7.02. The van der Waals surface area contributed by atoms with Crippen LogP contribution in [-0.4, -0.2) is 12.5 Å². The molecule has 1 nitrogen and oxygen atoms in total. The first-order valence-corrected chi connectivity index (χ1v) is 4.67. The molecule has 0 saturated heterocycles. The molecular formula is C11H15F2N. The zero-order valence-corrected chi connectivity index (χ0v) is 8.43. The molecule has 1 aromatic rings. The van der Waals surface area contributed by atoms with E-state index in [4.69, 9.17) is 0 Å². The molecule has 1 unspecified atom stereocenters. The Hall–Kier alpha value is -0.960. The van der Waals surface area contributed by atoms with Crippen molar-refractivity contribution >= 4 is 0 Å². The van der Waals surface area contributed by atoms with Crippen molar-refractivity contribution in [1.82, 2.24) is 5.32 Å². The summed E-state index contributed by atoms with van der Waals surface area (Å²) >= 11 is 0. The number of hydrogen-bond acceptors (Lipinski definition) is 1. The fourth-order valence-corrected chi connectivity index (χ4v) is 1.17. The molecule has 0 saturated carbocycles. The van der Waals surface area contributed by atoms with E-state index in [0.29, 0.717) is 6.54 Å². The van der Waals surface area contributed by atoms with Gasteiger partial charge in [0.25, 0.3) is 6.43 Å². The van der Waals surface area contributed by atoms with Crippen LogP contribution >= 0.6 is 0 Å². The zero-order valence-electron chi connectivity index (χ0n) is 8.43. The van der Waals surface area contributed by atoms with Gasteiger partial charge in [-0.15, -0.1) is 0 Å². The van der Waals surface area contributed by atoms with Gasteiger partial charge in [-0.2, -0.15) is 0 Å². The van der Waals surface area contributed by atoms with Crippen molar-refractivity contribution in [2.45, 2.75) is 32.9 Å². The molecule has 1 aromatic carbocycles. The lowest BCUT2D eigenvalue weighted by atomic mass is 10.1. The maximum atomic E-state index is 12.2. The highest BCUT2D eigenvalue weighted by Gasteiger charge is 2.13. The minimum Gasteiger partial charge on any atom is -0.305 e. The van der Waals surface area contributed by atoms with Crippen molar-refractivity contribution in [1.29, 1.82) is 0 Å². The van der Waals surface area contributed by atoms with E-state index < -0.39 is 12.5 Å². The Bertz CT molecular complexity index is 286. The van der Waals surface area contributed by atoms with Gasteiger partial charge in [-0.3, -0.25) is 0 Å². The van der Waals surface area contributed by atoms with Crippen LogP contribution in [0.3, 0.4) is 0 Å². The fraction of sp³-hybridized carbons (Fsp3) is 0.455. The van der Waals surface area contributed by atoms with Gasteiger partial charge in [-0.25, -0.2) is 8.78 Å². The van der Waals surface area contributed by atoms with E-state index in [-0.39, 0.29) is 0 Å². The SMILES string of the molecule is Cc1ccccc1CNC(C)C(F)F. The molecule has 0 heterocycles. The molecule has 0 aliphatic rings. The monoisotopic (exact) mass is 199 g/mol. The van der Waals surface area contributed by atoms with Gasteiger partial charge in [0, 0.05) is 6.54 Å². The Balaban J connectivity index is 2.50. The van der Waals surface area contributed by atoms with Gasteiger partial charge in [0.05, 0.1) is 6.04 Å². The number of nitrogens with one attached hydrogen (secondary N) is 1. The van der Waals surface area contributed by atoms with E-state index in [2.05, 4.69) is 5.32 Å². The summed E-state index contributed by atoms with van der Waals surface area (Å²) in [6.45, 7) is 3.96. The third kappa shape index (κ3) is 3.07. The van der Waals surface area contributed by atoms with E-state index >= 15 is 0 Å². The zero-order chi connectivity index (χ0) is 10.6. The topological polar surface area (TPSA) is 12.0 Å². The molecule has 1 N–H and O–H groups in total. The lowest BCUT2D eigenvalue weighted by molar-refractivity contribution is 0.105. The van der Waals surface area contributed by atoms with Crippen molar-refractivity contribution in [3.63, 3.8) is 0 Å². The first-order valence-electron chi connectivity index (χ1n) is 4.67. The largest absolute Gasteiger partial charge is 0.305 e. The normalized spacial score (nSPS) is 13.2. The third-order valence-electron chi connectivity index (χ3n) is 2.25. The molecule has 0 bridgehead atoms. The van der Waals surface area contributed by atoms with Gasteiger partial charge in [0.15, 0.2) is 0 Å². The summed E-state index contributed by atoms with van der Waals surface area (Å²) < 4.78 is 24.3. The second kappa shape index (κ2) is 5.05. The van der Waals surface area contributed by atoms with Crippen molar-refractivity contribution in [2.24, 2.45) is 0 Å². The number of benzene rings is 1. The van der Waals surface area contributed by atoms with E-state index in [1.165, 1.54) is 6.92 Å². The van der Waals surface area contributed by atoms with Crippen molar-refractivity contribution in [2.75, 3.05) is 0 Å². The molecule has 1 atom stereocenters. The van der Waals surface area contributed by atoms with Crippen LogP contribution in [0.15, 0.2) is 24.3 Å². The van der Waals surface area contributed by atoms with Crippen LogP contribution in [-0.2, 0) is 6.54 Å². The lowest BCUT2D eigenvalue weighted by Gasteiger charge is -2.13. The molecule has 1 rings (SSSR count). The molecule has 3 heteroatoms. The second-order valence-electron chi connectivity index (χ2n) is 3.43. The molecule has 0 spiro atoms. The van der Waals surface area contributed by atoms with Gasteiger partial charge in [0.2, 0.25) is 0 Å². The van der Waals surface area contributed by atoms with Gasteiger partial charge in [0.1, 0.15) is 0 Å². The van der Waals surface area contributed by atoms with Gasteiger partial charge in [-0.1, -0.05) is 24.3 Å². The summed E-state index contributed by atoms with van der Waals surface area (Å²) in [7, 11) is 0. The van der Waals surface area contributed by atoms with Crippen molar-refractivity contribution in [3.05, 3.63) is 35.4 Å². The number of halogens is 2. The first kappa shape index (κ1) is 11.1.